The fraction of sp³-hybridized carbons (Fsp3) is 0.766. The van der Waals surface area contributed by atoms with Gasteiger partial charge in [0.1, 0.15) is 74.2 Å². The second-order valence-electron chi connectivity index (χ2n) is 28.9. The van der Waals surface area contributed by atoms with E-state index >= 15 is 0 Å². The lowest BCUT2D eigenvalue weighted by Crippen LogP contribution is -2.66. The molecule has 0 aromatic carbocycles. The van der Waals surface area contributed by atoms with Crippen molar-refractivity contribution in [1.82, 2.24) is 47.2 Å². The molecule has 48 heteroatoms. The van der Waals surface area contributed by atoms with E-state index in [4.69, 9.17) is 99.6 Å². The summed E-state index contributed by atoms with van der Waals surface area (Å²) in [5.74, 6) is -14.3. The number of Topliss-reactive ketones (excluding diaryl/α,β-unsaturated/α-hetero) is 1. The molecule has 8 N–H and O–H groups in total. The largest absolute Gasteiger partial charge is 0.463 e. The average Bonchev–Trinajstić information content (AvgIpc) is 0.795. The number of nitriles is 1. The standard InChI is InChI=1S/C77H123N10O37P/c1-42(2)87(43(3)4)125(115-25-17-21-78)116-37-33-105-26-20-62(101)86-66(73(103)81-24-29-108-32-36-111-77-65(84-47(8)91)71(121-55(16)99)69(119-53(14)97)60(124-77)41-114-50(11)94)74(104)85-57(72(102)80-23-28-107-31-34-109-75-63(82-45(6)89)67(117-51(12)95)56(38-44(5)88)58(122-75)39-112-48(9)92)18-19-61(100)79-22-27-106-30-35-110-76-64(83-46(7)90)70(120-54(15)98)68(118-52(13)96)59(123-76)40-113-49(10)93/h42-43,56-60,63-71,75-77H,17-20,22-41H2,1-16H3,(H,79,100)(H,80,102)(H,81,103)(H,82,89)(H,83,90)(H,84,91)(H,85,104)(H,86,101). The summed E-state index contributed by atoms with van der Waals surface area (Å²) in [4.78, 5) is 218. The third-order valence-electron chi connectivity index (χ3n) is 17.5. The summed E-state index contributed by atoms with van der Waals surface area (Å²) in [5, 5.41) is 29.5. The minimum Gasteiger partial charge on any atom is -0.463 e. The molecule has 0 bridgehead atoms. The Morgan fingerprint density at radius 2 is 0.768 bits per heavy atom. The zero-order valence-electron chi connectivity index (χ0n) is 73.4. The topological polar surface area (TPSA) is 598 Å². The van der Waals surface area contributed by atoms with Gasteiger partial charge in [-0.3, -0.25) is 76.7 Å². The molecule has 3 saturated heterocycles. The van der Waals surface area contributed by atoms with Crippen LogP contribution in [-0.4, -0.2) is 341 Å². The van der Waals surface area contributed by atoms with Crippen molar-refractivity contribution in [3.63, 3.8) is 0 Å². The van der Waals surface area contributed by atoms with Gasteiger partial charge in [-0.05, 0) is 41.0 Å². The Hall–Kier alpha value is -9.41. The van der Waals surface area contributed by atoms with E-state index in [1.807, 2.05) is 38.4 Å². The third-order valence-corrected chi connectivity index (χ3v) is 19.6. The van der Waals surface area contributed by atoms with Crippen LogP contribution in [0.15, 0.2) is 0 Å². The van der Waals surface area contributed by atoms with Gasteiger partial charge >= 0.3 is 47.8 Å². The Bertz CT molecular complexity index is 3550. The number of rotatable bonds is 58. The molecule has 3 aliphatic heterocycles. The first kappa shape index (κ1) is 110. The van der Waals surface area contributed by atoms with Crippen LogP contribution in [0.2, 0.25) is 0 Å². The van der Waals surface area contributed by atoms with Crippen LogP contribution in [0, 0.1) is 17.2 Å². The van der Waals surface area contributed by atoms with Crippen molar-refractivity contribution in [3.8, 4) is 6.07 Å². The highest BCUT2D eigenvalue weighted by Gasteiger charge is 2.54. The summed E-state index contributed by atoms with van der Waals surface area (Å²) in [6.07, 6.45) is -16.2. The molecule has 0 saturated carbocycles. The molecule has 0 radical (unpaired) electrons. The van der Waals surface area contributed by atoms with Gasteiger partial charge in [0.2, 0.25) is 35.4 Å². The van der Waals surface area contributed by atoms with Crippen LogP contribution in [0.25, 0.3) is 0 Å². The maximum absolute atomic E-state index is 14.7. The van der Waals surface area contributed by atoms with Gasteiger partial charge in [-0.25, -0.2) is 4.67 Å². The van der Waals surface area contributed by atoms with Gasteiger partial charge in [0.05, 0.1) is 98.4 Å². The average molecular weight is 1810 g/mol. The maximum atomic E-state index is 14.7. The highest BCUT2D eigenvalue weighted by Crippen LogP contribution is 2.46. The van der Waals surface area contributed by atoms with Crippen molar-refractivity contribution < 1.29 is 176 Å². The molecule has 47 nitrogen and oxygen atoms in total. The monoisotopic (exact) mass is 1810 g/mol. The molecule has 3 rings (SSSR count). The summed E-state index contributed by atoms with van der Waals surface area (Å²) in [6, 6.07) is -5.58. The molecule has 8 amide bonds. The molecule has 0 aliphatic carbocycles. The predicted molar refractivity (Wildman–Crippen MR) is 424 cm³/mol. The minimum atomic E-state index is -2.12. The van der Waals surface area contributed by atoms with E-state index in [1.54, 1.807) is 0 Å². The van der Waals surface area contributed by atoms with Gasteiger partial charge in [-0.2, -0.15) is 5.26 Å². The van der Waals surface area contributed by atoms with Crippen LogP contribution in [0.5, 0.6) is 0 Å². The maximum Gasteiger partial charge on any atom is 0.303 e. The number of nitrogens with zero attached hydrogens (tertiary/aromatic N) is 2. The molecule has 0 aromatic heterocycles. The number of hydrogen-bond donors (Lipinski definition) is 8. The van der Waals surface area contributed by atoms with E-state index in [0.717, 1.165) is 69.2 Å². The van der Waals surface area contributed by atoms with Crippen LogP contribution >= 0.6 is 8.53 Å². The smallest absolute Gasteiger partial charge is 0.303 e. The summed E-state index contributed by atoms with van der Waals surface area (Å²) in [6.45, 7) is 16.6. The van der Waals surface area contributed by atoms with E-state index in [0.29, 0.717) is 0 Å². The lowest BCUT2D eigenvalue weighted by Gasteiger charge is -2.45. The molecule has 125 heavy (non-hydrogen) atoms. The Kier molecular flexibility index (Phi) is 52.3. The number of hydrogen-bond acceptors (Lipinski definition) is 39. The van der Waals surface area contributed by atoms with Crippen molar-refractivity contribution in [3.05, 3.63) is 0 Å². The van der Waals surface area contributed by atoms with Crippen LogP contribution in [0.3, 0.4) is 0 Å². The van der Waals surface area contributed by atoms with Gasteiger partial charge in [0.25, 0.3) is 20.3 Å². The summed E-state index contributed by atoms with van der Waals surface area (Å²) < 4.78 is 116. The Labute approximate surface area is 725 Å². The lowest BCUT2D eigenvalue weighted by molar-refractivity contribution is -0.279. The van der Waals surface area contributed by atoms with E-state index in [-0.39, 0.29) is 143 Å². The normalized spacial score (nSPS) is 22.8. The zero-order valence-corrected chi connectivity index (χ0v) is 74.3. The number of ketones is 1. The lowest BCUT2D eigenvalue weighted by atomic mass is 9.84. The van der Waals surface area contributed by atoms with E-state index in [2.05, 4.69) is 42.5 Å². The van der Waals surface area contributed by atoms with E-state index in [1.165, 1.54) is 13.8 Å². The molecule has 18 unspecified atom stereocenters. The zero-order chi connectivity index (χ0) is 93.4. The first-order chi connectivity index (χ1) is 59.1. The molecular formula is C77H123N10O37P. The number of nitrogens with one attached hydrogen (secondary N) is 8. The summed E-state index contributed by atoms with van der Waals surface area (Å²) in [7, 11) is -1.65. The van der Waals surface area contributed by atoms with Gasteiger partial charge in [0, 0.05) is 133 Å². The first-order valence-electron chi connectivity index (χ1n) is 40.5. The first-order valence-corrected chi connectivity index (χ1v) is 41.6. The van der Waals surface area contributed by atoms with Crippen LogP contribution in [-0.2, 0) is 176 Å². The molecule has 0 aromatic rings. The Morgan fingerprint density at radius 3 is 1.18 bits per heavy atom. The number of carbonyl (C=O) groups excluding carboxylic acids is 17. The van der Waals surface area contributed by atoms with Gasteiger partial charge in [0.15, 0.2) is 49.3 Å². The predicted octanol–water partition coefficient (Wildman–Crippen LogP) is -2.48. The van der Waals surface area contributed by atoms with Crippen molar-refractivity contribution in [2.24, 2.45) is 5.92 Å². The fourth-order valence-electron chi connectivity index (χ4n) is 12.8. The Morgan fingerprint density at radius 1 is 0.392 bits per heavy atom. The molecule has 0 spiro atoms. The molecular weight excluding hydrogens is 1690 g/mol. The van der Waals surface area contributed by atoms with Crippen molar-refractivity contribution >= 4 is 109 Å². The summed E-state index contributed by atoms with van der Waals surface area (Å²) in [5.41, 5.74) is 0. The van der Waals surface area contributed by atoms with Crippen molar-refractivity contribution in [1.29, 1.82) is 5.26 Å². The number of esters is 8. The summed E-state index contributed by atoms with van der Waals surface area (Å²) >= 11 is 0. The van der Waals surface area contributed by atoms with Crippen LogP contribution in [0.4, 0.5) is 0 Å². The number of ether oxygens (including phenoxy) is 18. The van der Waals surface area contributed by atoms with Gasteiger partial charge < -0.3 is 142 Å². The van der Waals surface area contributed by atoms with E-state index in [9.17, 15) is 81.5 Å². The molecule has 708 valence electrons. The third kappa shape index (κ3) is 43.6. The molecule has 3 aliphatic rings. The minimum absolute atomic E-state index is 0.0128. The highest BCUT2D eigenvalue weighted by atomic mass is 31.2. The van der Waals surface area contributed by atoms with Crippen LogP contribution in [0.1, 0.15) is 143 Å². The quantitative estimate of drug-likeness (QED) is 0.0103. The van der Waals surface area contributed by atoms with E-state index < -0.39 is 240 Å². The fourth-order valence-corrected chi connectivity index (χ4v) is 14.3. The molecule has 3 fully saturated rings. The SMILES string of the molecule is CC(=O)CC1C(COC(C)=O)OC(OCCOCCNC(=O)C(CCC(=O)NCCOCCOC2OC(COC(C)=O)C(OC(C)=O)C(OC(C)=O)C2NC(C)=O)NC(=O)C(NC(=O)CCOCCOP(OCCC#N)N(C(C)C)C(C)C)C(=O)NCCOCCOC2OC(COC(C)=O)C(OC(C)=O)C(OC(C)=O)C2NC(C)=O)C(NC(C)=O)C1OC(C)=O. The van der Waals surface area contributed by atoms with Gasteiger partial charge in [-0.15, -0.1) is 0 Å². The second kappa shape index (κ2) is 59.5. The van der Waals surface area contributed by atoms with Crippen molar-refractivity contribution in [2.45, 2.75) is 253 Å². The highest BCUT2D eigenvalue weighted by molar-refractivity contribution is 7.44. The number of amides is 8. The number of carbonyl (C=O) groups is 17. The second-order valence-corrected chi connectivity index (χ2v) is 30.3. The van der Waals surface area contributed by atoms with Gasteiger partial charge in [-0.1, -0.05) is 0 Å². The van der Waals surface area contributed by atoms with Crippen molar-refractivity contribution in [2.75, 3.05) is 125 Å². The Balaban J connectivity index is 1.92. The molecule has 18 atom stereocenters. The van der Waals surface area contributed by atoms with Crippen LogP contribution < -0.4 is 42.5 Å². The molecule has 3 heterocycles.